The molecular formula is C49H57N5O9. The van der Waals surface area contributed by atoms with Crippen molar-refractivity contribution in [2.24, 2.45) is 11.3 Å². The van der Waals surface area contributed by atoms with Gasteiger partial charge in [-0.05, 0) is 92.0 Å². The summed E-state index contributed by atoms with van der Waals surface area (Å²) in [6.07, 6.45) is 9.57. The van der Waals surface area contributed by atoms with E-state index in [0.29, 0.717) is 88.3 Å². The van der Waals surface area contributed by atoms with Crippen LogP contribution < -0.4 is 9.64 Å². The van der Waals surface area contributed by atoms with Gasteiger partial charge >= 0.3 is 17.9 Å². The van der Waals surface area contributed by atoms with Gasteiger partial charge in [-0.3, -0.25) is 19.4 Å². The van der Waals surface area contributed by atoms with E-state index in [0.717, 1.165) is 33.3 Å². The van der Waals surface area contributed by atoms with E-state index < -0.39 is 57.2 Å². The third-order valence-electron chi connectivity index (χ3n) is 16.5. The molecule has 7 heterocycles. The highest BCUT2D eigenvalue weighted by molar-refractivity contribution is 5.96. The fraction of sp³-hybridized carbons (Fsp3) is 0.551. The van der Waals surface area contributed by atoms with Gasteiger partial charge in [0.15, 0.2) is 11.8 Å². The zero-order valence-corrected chi connectivity index (χ0v) is 37.2. The molecular weight excluding hydrogens is 803 g/mol. The molecule has 2 aromatic carbocycles. The fourth-order valence-electron chi connectivity index (χ4n) is 14.2. The number of H-pyrrole nitrogens is 1. The first-order valence-electron chi connectivity index (χ1n) is 22.3. The second-order valence-corrected chi connectivity index (χ2v) is 19.1. The van der Waals surface area contributed by atoms with Crippen molar-refractivity contribution in [2.45, 2.75) is 99.2 Å². The Morgan fingerprint density at radius 3 is 2.54 bits per heavy atom. The summed E-state index contributed by atoms with van der Waals surface area (Å²) >= 11 is 0. The Labute approximate surface area is 367 Å². The predicted molar refractivity (Wildman–Crippen MR) is 233 cm³/mol. The number of anilines is 1. The van der Waals surface area contributed by atoms with Crippen molar-refractivity contribution in [1.29, 1.82) is 5.26 Å². The van der Waals surface area contributed by atoms with E-state index in [1.165, 1.54) is 27.2 Å². The molecule has 63 heavy (non-hydrogen) atoms. The van der Waals surface area contributed by atoms with Crippen molar-refractivity contribution in [3.8, 4) is 11.8 Å². The lowest BCUT2D eigenvalue weighted by Gasteiger charge is -2.58. The lowest BCUT2D eigenvalue weighted by molar-refractivity contribution is -0.178. The molecule has 1 saturated carbocycles. The molecule has 3 aromatic rings. The normalized spacial score (nSPS) is 37.0. The van der Waals surface area contributed by atoms with E-state index in [-0.39, 0.29) is 12.0 Å². The average molecular weight is 860 g/mol. The van der Waals surface area contributed by atoms with Gasteiger partial charge in [-0.1, -0.05) is 32.1 Å². The highest BCUT2D eigenvalue weighted by Crippen LogP contribution is 2.80. The fourth-order valence-corrected chi connectivity index (χ4v) is 14.2. The minimum Gasteiger partial charge on any atom is -0.496 e. The zero-order chi connectivity index (χ0) is 44.5. The molecule has 2 spiro atoms. The second-order valence-electron chi connectivity index (χ2n) is 19.1. The van der Waals surface area contributed by atoms with Gasteiger partial charge in [0.1, 0.15) is 11.2 Å². The molecule has 0 radical (unpaired) electrons. The maximum Gasteiger partial charge on any atom is 0.347 e. The Balaban J connectivity index is 1.28. The number of piperidine rings is 1. The SMILES string of the molecule is CC[C@]1(O)C[C@H]2CN(CCc3c([nH]c4ccc(/C=C/C#N)cc34)[C@@](C(=O)OC)(c3cc4c(cc3OC)N(C)[C@@]35O[C@]3(C(=O)OC)[C@H](OC(C)=O)[C@]3(CC)C=CCN6CC[C@]45[C@@H]63)C2)C1. The largest absolute Gasteiger partial charge is 0.496 e. The minimum atomic E-state index is -1.69. The van der Waals surface area contributed by atoms with Crippen LogP contribution in [-0.4, -0.2) is 128 Å². The first-order valence-corrected chi connectivity index (χ1v) is 22.3. The molecule has 10 atom stereocenters. The topological polar surface area (TPSA) is 170 Å². The molecule has 1 aliphatic carbocycles. The summed E-state index contributed by atoms with van der Waals surface area (Å²) in [6, 6.07) is 11.9. The number of carbonyl (C=O) groups is 3. The van der Waals surface area contributed by atoms with Crippen LogP contribution in [0.1, 0.15) is 80.8 Å². The predicted octanol–water partition coefficient (Wildman–Crippen LogP) is 4.89. The van der Waals surface area contributed by atoms with Crippen LogP contribution >= 0.6 is 0 Å². The Kier molecular flexibility index (Phi) is 9.39. The highest BCUT2D eigenvalue weighted by Gasteiger charge is 2.98. The van der Waals surface area contributed by atoms with Crippen LogP contribution in [0.2, 0.25) is 0 Å². The number of nitrogens with zero attached hydrogens (tertiary/aromatic N) is 4. The number of benzene rings is 2. The Morgan fingerprint density at radius 2 is 1.84 bits per heavy atom. The van der Waals surface area contributed by atoms with Crippen molar-refractivity contribution in [3.05, 3.63) is 76.5 Å². The molecule has 7 aliphatic rings. The van der Waals surface area contributed by atoms with Crippen LogP contribution in [0, 0.1) is 22.7 Å². The number of esters is 3. The van der Waals surface area contributed by atoms with Gasteiger partial charge in [-0.15, -0.1) is 0 Å². The first kappa shape index (κ1) is 41.8. The van der Waals surface area contributed by atoms with Crippen LogP contribution in [-0.2, 0) is 50.6 Å². The summed E-state index contributed by atoms with van der Waals surface area (Å²) < 4.78 is 31.5. The van der Waals surface area contributed by atoms with E-state index in [9.17, 15) is 20.0 Å². The summed E-state index contributed by atoms with van der Waals surface area (Å²) in [7, 11) is 6.31. The quantitative estimate of drug-likeness (QED) is 0.103. The number of fused-ring (bicyclic) bond motifs is 6. The number of carbonyl (C=O) groups excluding carboxylic acids is 3. The van der Waals surface area contributed by atoms with Crippen LogP contribution in [0.25, 0.3) is 17.0 Å². The number of hydrogen-bond acceptors (Lipinski definition) is 13. The van der Waals surface area contributed by atoms with Crippen LogP contribution in [0.5, 0.6) is 5.75 Å². The standard InChI is InChI=1S/C49H57N5O9/c1-8-44(58)25-31-26-46(42(56)60-6,39-32(15-20-53(27-31)28-44)33-22-30(12-10-18-50)13-14-36(33)51-39)35-23-34-37(24-38(35)59-5)52(4)49-47(34)17-21-54-19-11-16-45(9-2,40(47)54)41(62-29(3)55)48(49,63-49)43(57)61-7/h10-14,16,22-24,31,40-41,51,58H,8-9,15,17,19-21,25-28H2,1-7H3/b12-10+/t31-,40+,41-,44+,45-,46+,47-,48+,49+/m1/s1. The van der Waals surface area contributed by atoms with E-state index in [1.807, 2.05) is 37.1 Å². The van der Waals surface area contributed by atoms with Crippen LogP contribution in [0.3, 0.4) is 0 Å². The molecule has 3 saturated heterocycles. The van der Waals surface area contributed by atoms with Gasteiger partial charge in [0.05, 0.1) is 38.4 Å². The molecule has 6 aliphatic heterocycles. The number of hydrogen-bond donors (Lipinski definition) is 2. The number of aromatic amines is 1. The number of allylic oxidation sites excluding steroid dienone is 1. The number of epoxide rings is 1. The molecule has 14 heteroatoms. The van der Waals surface area contributed by atoms with Crippen molar-refractivity contribution in [2.75, 3.05) is 66.0 Å². The van der Waals surface area contributed by atoms with Crippen LogP contribution in [0.15, 0.2) is 48.6 Å². The van der Waals surface area contributed by atoms with Gasteiger partial charge in [-0.25, -0.2) is 4.79 Å². The number of methoxy groups -OCH3 is 3. The Morgan fingerprint density at radius 1 is 1.05 bits per heavy atom. The van der Waals surface area contributed by atoms with Crippen molar-refractivity contribution in [1.82, 2.24) is 14.8 Å². The molecule has 2 N–H and O–H groups in total. The lowest BCUT2D eigenvalue weighted by atomic mass is 9.49. The van der Waals surface area contributed by atoms with E-state index in [2.05, 4.69) is 52.1 Å². The highest BCUT2D eigenvalue weighted by atomic mass is 16.7. The maximum absolute atomic E-state index is 15.5. The number of likely N-dealkylation sites (N-methyl/N-ethyl adjacent to an activating group) is 1. The summed E-state index contributed by atoms with van der Waals surface area (Å²) in [5.41, 5.74) is -1.50. The average Bonchev–Trinajstić information content (AvgIpc) is 3.53. The maximum atomic E-state index is 15.5. The van der Waals surface area contributed by atoms with Gasteiger partial charge < -0.3 is 38.7 Å². The van der Waals surface area contributed by atoms with Gasteiger partial charge in [0.25, 0.3) is 5.60 Å². The summed E-state index contributed by atoms with van der Waals surface area (Å²) in [5, 5.41) is 22.4. The van der Waals surface area contributed by atoms with E-state index in [4.69, 9.17) is 23.7 Å². The third kappa shape index (κ3) is 5.10. The second kappa shape index (κ2) is 14.1. The Bertz CT molecular complexity index is 2560. The molecule has 0 amide bonds. The monoisotopic (exact) mass is 859 g/mol. The molecule has 1 unspecified atom stereocenters. The first-order chi connectivity index (χ1) is 30.2. The number of nitrogens with one attached hydrogen (secondary N) is 1. The van der Waals surface area contributed by atoms with Crippen molar-refractivity contribution < 1.29 is 43.2 Å². The molecule has 14 nitrogen and oxygen atoms in total. The number of aliphatic hydroxyl groups is 1. The lowest BCUT2D eigenvalue weighted by Crippen LogP contribution is -2.75. The molecule has 4 fully saturated rings. The van der Waals surface area contributed by atoms with Gasteiger partial charge in [-0.2, -0.15) is 5.26 Å². The minimum absolute atomic E-state index is 0.129. The number of nitriles is 1. The summed E-state index contributed by atoms with van der Waals surface area (Å²) in [6.45, 7) is 8.67. The zero-order valence-electron chi connectivity index (χ0n) is 37.2. The smallest absolute Gasteiger partial charge is 0.347 e. The van der Waals surface area contributed by atoms with E-state index in [1.54, 1.807) is 13.2 Å². The van der Waals surface area contributed by atoms with Crippen molar-refractivity contribution in [3.63, 3.8) is 0 Å². The number of aromatic nitrogens is 1. The van der Waals surface area contributed by atoms with Crippen LogP contribution in [0.4, 0.5) is 5.69 Å². The number of rotatable bonds is 8. The number of ether oxygens (including phenoxy) is 5. The molecule has 2 bridgehead atoms. The summed E-state index contributed by atoms with van der Waals surface area (Å²) in [5.74, 6) is -1.26. The molecule has 10 rings (SSSR count). The molecule has 332 valence electrons. The van der Waals surface area contributed by atoms with Crippen molar-refractivity contribution >= 4 is 40.6 Å². The summed E-state index contributed by atoms with van der Waals surface area (Å²) in [4.78, 5) is 53.8. The van der Waals surface area contributed by atoms with Gasteiger partial charge in [0.2, 0.25) is 0 Å². The third-order valence-corrected chi connectivity index (χ3v) is 16.5. The van der Waals surface area contributed by atoms with E-state index >= 15 is 4.79 Å². The van der Waals surface area contributed by atoms with Gasteiger partial charge in [0, 0.05) is 91.6 Å². The Hall–Kier alpha value is -5.20. The molecule has 1 aromatic heterocycles.